The monoisotopic (exact) mass is 495 g/mol. The number of benzene rings is 2. The van der Waals surface area contributed by atoms with Crippen LogP contribution in [0.4, 0.5) is 5.69 Å². The minimum Gasteiger partial charge on any atom is -0.480 e. The Morgan fingerprint density at radius 3 is 2.44 bits per heavy atom. The third kappa shape index (κ3) is 6.85. The number of ether oxygens (including phenoxy) is 2. The van der Waals surface area contributed by atoms with E-state index in [1.165, 1.54) is 11.9 Å². The molecule has 36 heavy (non-hydrogen) atoms. The molecule has 0 fully saturated rings. The van der Waals surface area contributed by atoms with Crippen molar-refractivity contribution in [1.82, 2.24) is 4.90 Å². The van der Waals surface area contributed by atoms with E-state index < -0.39 is 17.6 Å². The zero-order valence-electron chi connectivity index (χ0n) is 21.7. The first-order valence-corrected chi connectivity index (χ1v) is 12.3. The molecule has 1 aliphatic rings. The number of para-hydroxylation sites is 1. The molecule has 194 valence electrons. The van der Waals surface area contributed by atoms with Crippen LogP contribution in [0.15, 0.2) is 53.5 Å². The second-order valence-corrected chi connectivity index (χ2v) is 10.1. The maximum atomic E-state index is 13.0. The highest BCUT2D eigenvalue weighted by Gasteiger charge is 2.34. The first-order chi connectivity index (χ1) is 17.0. The minimum absolute atomic E-state index is 0.0634. The van der Waals surface area contributed by atoms with Crippen molar-refractivity contribution in [3.05, 3.63) is 54.1 Å². The summed E-state index contributed by atoms with van der Waals surface area (Å²) in [7, 11) is 1.52. The van der Waals surface area contributed by atoms with Gasteiger partial charge in [-0.05, 0) is 69.0 Å². The molecule has 0 saturated heterocycles. The molecule has 1 heterocycles. The van der Waals surface area contributed by atoms with Crippen LogP contribution < -0.4 is 10.5 Å². The number of carbonyl (C=O) groups is 2. The molecule has 3 atom stereocenters. The summed E-state index contributed by atoms with van der Waals surface area (Å²) < 4.78 is 11.6. The number of hydrogen-bond acceptors (Lipinski definition) is 6. The van der Waals surface area contributed by atoms with Gasteiger partial charge in [-0.25, -0.2) is 9.79 Å². The summed E-state index contributed by atoms with van der Waals surface area (Å²) in [4.78, 5) is 30.6. The summed E-state index contributed by atoms with van der Waals surface area (Å²) in [5.41, 5.74) is 7.66. The molecule has 1 amide bonds. The SMILES string of the molecule is CCC(CCC(=O)N(C)C(COC(C)(C)C)C(=O)O)C1C(N)=Nc2ccc(Oc3ccccc3)cc21. The number of hydrogen-bond donors (Lipinski definition) is 2. The Labute approximate surface area is 213 Å². The zero-order chi connectivity index (χ0) is 26.5. The van der Waals surface area contributed by atoms with Crippen LogP contribution in [0.2, 0.25) is 0 Å². The second-order valence-electron chi connectivity index (χ2n) is 10.1. The second kappa shape index (κ2) is 11.6. The van der Waals surface area contributed by atoms with Gasteiger partial charge in [0, 0.05) is 19.4 Å². The van der Waals surface area contributed by atoms with E-state index in [9.17, 15) is 14.7 Å². The van der Waals surface area contributed by atoms with Crippen LogP contribution in [0.3, 0.4) is 0 Å². The highest BCUT2D eigenvalue weighted by atomic mass is 16.5. The van der Waals surface area contributed by atoms with Gasteiger partial charge in [-0.3, -0.25) is 4.79 Å². The number of aliphatic imine (C=N–C) groups is 1. The van der Waals surface area contributed by atoms with Gasteiger partial charge < -0.3 is 25.2 Å². The van der Waals surface area contributed by atoms with Gasteiger partial charge in [-0.15, -0.1) is 0 Å². The fourth-order valence-corrected chi connectivity index (χ4v) is 4.38. The maximum Gasteiger partial charge on any atom is 0.328 e. The molecule has 0 saturated carbocycles. The largest absolute Gasteiger partial charge is 0.480 e. The molecule has 1 aliphatic heterocycles. The third-order valence-electron chi connectivity index (χ3n) is 6.43. The Morgan fingerprint density at radius 2 is 1.83 bits per heavy atom. The van der Waals surface area contributed by atoms with Gasteiger partial charge in [0.25, 0.3) is 0 Å². The Hall–Kier alpha value is -3.39. The number of likely N-dealkylation sites (N-methyl/N-ethyl adjacent to an activating group) is 1. The predicted octanol–water partition coefficient (Wildman–Crippen LogP) is 5.10. The van der Waals surface area contributed by atoms with Crippen LogP contribution in [0, 0.1) is 5.92 Å². The van der Waals surface area contributed by atoms with E-state index in [0.717, 1.165) is 23.4 Å². The van der Waals surface area contributed by atoms with Crippen molar-refractivity contribution in [1.29, 1.82) is 0 Å². The summed E-state index contributed by atoms with van der Waals surface area (Å²) in [5.74, 6) is 0.558. The zero-order valence-corrected chi connectivity index (χ0v) is 21.7. The lowest BCUT2D eigenvalue weighted by atomic mass is 9.81. The molecule has 3 rings (SSSR count). The number of amidine groups is 1. The van der Waals surface area contributed by atoms with Gasteiger partial charge in [-0.1, -0.05) is 31.5 Å². The summed E-state index contributed by atoms with van der Waals surface area (Å²) in [6, 6.07) is 14.2. The molecule has 2 aromatic rings. The molecule has 0 radical (unpaired) electrons. The van der Waals surface area contributed by atoms with E-state index in [0.29, 0.717) is 18.0 Å². The number of carboxylic acids is 1. The number of aliphatic carboxylic acids is 1. The first-order valence-electron chi connectivity index (χ1n) is 12.3. The lowest BCUT2D eigenvalue weighted by Gasteiger charge is -2.29. The number of amides is 1. The Morgan fingerprint density at radius 1 is 1.14 bits per heavy atom. The van der Waals surface area contributed by atoms with Crippen LogP contribution in [0.25, 0.3) is 0 Å². The van der Waals surface area contributed by atoms with E-state index in [1.54, 1.807) is 0 Å². The van der Waals surface area contributed by atoms with Gasteiger partial charge >= 0.3 is 5.97 Å². The summed E-state index contributed by atoms with van der Waals surface area (Å²) in [5, 5.41) is 9.64. The molecule has 2 aromatic carbocycles. The number of carboxylic acid groups (broad SMARTS) is 1. The van der Waals surface area contributed by atoms with Crippen molar-refractivity contribution >= 4 is 23.4 Å². The van der Waals surface area contributed by atoms with Gasteiger partial charge in [0.05, 0.1) is 17.9 Å². The van der Waals surface area contributed by atoms with Crippen molar-refractivity contribution in [2.75, 3.05) is 13.7 Å². The number of fused-ring (bicyclic) bond motifs is 1. The summed E-state index contributed by atoms with van der Waals surface area (Å²) >= 11 is 0. The average Bonchev–Trinajstić information content (AvgIpc) is 3.14. The summed E-state index contributed by atoms with van der Waals surface area (Å²) in [6.07, 6.45) is 1.54. The van der Waals surface area contributed by atoms with E-state index in [2.05, 4.69) is 11.9 Å². The first kappa shape index (κ1) is 27.2. The lowest BCUT2D eigenvalue weighted by Crippen LogP contribution is -2.46. The van der Waals surface area contributed by atoms with E-state index in [1.807, 2.05) is 69.3 Å². The van der Waals surface area contributed by atoms with Crippen molar-refractivity contribution < 1.29 is 24.2 Å². The molecule has 0 aliphatic carbocycles. The fourth-order valence-electron chi connectivity index (χ4n) is 4.38. The normalized spacial score (nSPS) is 16.6. The molecular weight excluding hydrogens is 458 g/mol. The molecule has 3 N–H and O–H groups in total. The van der Waals surface area contributed by atoms with Crippen molar-refractivity contribution in [2.45, 2.75) is 64.5 Å². The van der Waals surface area contributed by atoms with Crippen LogP contribution in [-0.4, -0.2) is 53.0 Å². The molecule has 0 spiro atoms. The molecule has 8 heteroatoms. The minimum atomic E-state index is -1.09. The van der Waals surface area contributed by atoms with Crippen LogP contribution in [0.1, 0.15) is 58.4 Å². The molecular formula is C28H37N3O5. The third-order valence-corrected chi connectivity index (χ3v) is 6.43. The van der Waals surface area contributed by atoms with Gasteiger partial charge in [0.15, 0.2) is 6.04 Å². The lowest BCUT2D eigenvalue weighted by molar-refractivity contribution is -0.154. The maximum absolute atomic E-state index is 13.0. The van der Waals surface area contributed by atoms with Crippen LogP contribution >= 0.6 is 0 Å². The number of nitrogens with zero attached hydrogens (tertiary/aromatic N) is 2. The predicted molar refractivity (Wildman–Crippen MR) is 140 cm³/mol. The van der Waals surface area contributed by atoms with Crippen LogP contribution in [0.5, 0.6) is 11.5 Å². The van der Waals surface area contributed by atoms with Gasteiger partial charge in [0.1, 0.15) is 17.3 Å². The molecule has 3 unspecified atom stereocenters. The smallest absolute Gasteiger partial charge is 0.328 e. The Kier molecular flexibility index (Phi) is 8.74. The van der Waals surface area contributed by atoms with Gasteiger partial charge in [-0.2, -0.15) is 0 Å². The van der Waals surface area contributed by atoms with E-state index in [-0.39, 0.29) is 30.8 Å². The van der Waals surface area contributed by atoms with Gasteiger partial charge in [0.2, 0.25) is 5.91 Å². The highest BCUT2D eigenvalue weighted by Crippen LogP contribution is 2.43. The Balaban J connectivity index is 1.69. The van der Waals surface area contributed by atoms with E-state index in [4.69, 9.17) is 15.2 Å². The molecule has 0 aromatic heterocycles. The number of carbonyl (C=O) groups excluding carboxylic acids is 1. The molecule has 0 bridgehead atoms. The standard InChI is InChI=1S/C28H37N3O5/c1-6-18(12-15-24(32)31(5)23(27(33)34)17-35-28(2,3)4)25-21-16-20(13-14-22(21)30-26(25)29)36-19-10-8-7-9-11-19/h7-11,13-14,16,18,23,25H,6,12,15,17H2,1-5H3,(H2,29,30)(H,33,34). The fraction of sp³-hybridized carbons (Fsp3) is 0.464. The average molecular weight is 496 g/mol. The number of nitrogens with two attached hydrogens (primary N) is 1. The van der Waals surface area contributed by atoms with E-state index >= 15 is 0 Å². The number of rotatable bonds is 11. The Bertz CT molecular complexity index is 1090. The molecule has 8 nitrogen and oxygen atoms in total. The van der Waals surface area contributed by atoms with Crippen LogP contribution in [-0.2, 0) is 14.3 Å². The van der Waals surface area contributed by atoms with Crippen molar-refractivity contribution in [3.63, 3.8) is 0 Å². The highest BCUT2D eigenvalue weighted by molar-refractivity contribution is 5.95. The summed E-state index contributed by atoms with van der Waals surface area (Å²) in [6.45, 7) is 7.54. The topological polar surface area (TPSA) is 114 Å². The van der Waals surface area contributed by atoms with Crippen molar-refractivity contribution in [2.24, 2.45) is 16.6 Å². The van der Waals surface area contributed by atoms with Crippen molar-refractivity contribution in [3.8, 4) is 11.5 Å². The quantitative estimate of drug-likeness (QED) is 0.448.